The molecular weight excluding hydrogens is 648 g/mol. The van der Waals surface area contributed by atoms with E-state index in [9.17, 15) is 41.3 Å². The summed E-state index contributed by atoms with van der Waals surface area (Å²) in [7, 11) is -9.67. The van der Waals surface area contributed by atoms with Gasteiger partial charge in [0.25, 0.3) is 20.2 Å². The number of nitrogens with zero attached hydrogens (tertiary/aromatic N) is 4. The minimum atomic E-state index is -4.92. The Labute approximate surface area is 262 Å². The van der Waals surface area contributed by atoms with Gasteiger partial charge in [-0.25, -0.2) is 0 Å². The maximum atomic E-state index is 12.2. The maximum absolute atomic E-state index is 12.2. The fraction of sp³-hybridized carbons (Fsp3) is 0.185. The summed E-state index contributed by atoms with van der Waals surface area (Å²) in [6, 6.07) is 11.2. The Morgan fingerprint density at radius 1 is 0.652 bits per heavy atom. The summed E-state index contributed by atoms with van der Waals surface area (Å²) in [5.74, 6) is -0.884. The summed E-state index contributed by atoms with van der Waals surface area (Å²) in [4.78, 5) is -1.39. The van der Waals surface area contributed by atoms with Crippen LogP contribution in [-0.4, -0.2) is 67.7 Å². The monoisotopic (exact) mass is 678 g/mol. The van der Waals surface area contributed by atoms with Gasteiger partial charge in [0, 0.05) is 28.9 Å². The fourth-order valence-corrected chi connectivity index (χ4v) is 5.24. The van der Waals surface area contributed by atoms with Crippen molar-refractivity contribution in [1.82, 2.24) is 0 Å². The van der Waals surface area contributed by atoms with Crippen LogP contribution in [0.25, 0.3) is 10.8 Å². The first-order valence-electron chi connectivity index (χ1n) is 12.6. The summed E-state index contributed by atoms with van der Waals surface area (Å²) >= 11 is 0. The summed E-state index contributed by atoms with van der Waals surface area (Å²) in [6.07, 6.45) is 0. The van der Waals surface area contributed by atoms with E-state index in [4.69, 9.17) is 20.9 Å². The zero-order chi connectivity index (χ0) is 32.9. The van der Waals surface area contributed by atoms with Crippen molar-refractivity contribution in [3.05, 3.63) is 54.6 Å². The summed E-state index contributed by atoms with van der Waals surface area (Å²) in [5.41, 5.74) is 10.5. The molecule has 0 aromatic heterocycles. The molecule has 0 radical (unpaired) electrons. The van der Waals surface area contributed by atoms with Crippen molar-refractivity contribution in [3.63, 3.8) is 0 Å². The molecule has 17 nitrogen and oxygen atoms in total. The predicted octanol–water partition coefficient (Wildman–Crippen LogP) is 4.41. The topological polar surface area (TPSA) is 289 Å². The van der Waals surface area contributed by atoms with Crippen molar-refractivity contribution in [2.24, 2.45) is 20.5 Å². The van der Waals surface area contributed by atoms with Crippen LogP contribution in [0.15, 0.2) is 84.8 Å². The summed E-state index contributed by atoms with van der Waals surface area (Å²) < 4.78 is 78.5. The van der Waals surface area contributed by atoms with E-state index in [1.807, 2.05) is 0 Å². The zero-order valence-electron chi connectivity index (χ0n) is 23.0. The molecule has 0 aliphatic rings. The van der Waals surface area contributed by atoms with Crippen molar-refractivity contribution in [2.75, 3.05) is 37.9 Å². The molecule has 0 bridgehead atoms. The SMILES string of the molecule is C.Nc1ccc(N=Nc2cc(OCCO)c(N=Nc3c(S(=O)(=O)O)cc4ccc(N)cc4c3O)cc2OCCO)c(S(=O)(=O)O)c1. The lowest BCUT2D eigenvalue weighted by atomic mass is 10.1. The van der Waals surface area contributed by atoms with Crippen LogP contribution in [0, 0.1) is 0 Å². The van der Waals surface area contributed by atoms with E-state index in [0.29, 0.717) is 0 Å². The molecule has 46 heavy (non-hydrogen) atoms. The van der Waals surface area contributed by atoms with Gasteiger partial charge in [0.15, 0.2) is 5.75 Å². The first kappa shape index (κ1) is 35.6. The number of aliphatic hydroxyl groups is 2. The van der Waals surface area contributed by atoms with Crippen LogP contribution >= 0.6 is 0 Å². The molecule has 0 spiro atoms. The fourth-order valence-electron chi connectivity index (χ4n) is 3.92. The number of anilines is 2. The maximum Gasteiger partial charge on any atom is 0.296 e. The number of azo groups is 2. The quantitative estimate of drug-likeness (QED) is 0.0621. The molecule has 0 unspecified atom stereocenters. The van der Waals surface area contributed by atoms with E-state index in [0.717, 1.165) is 12.1 Å². The van der Waals surface area contributed by atoms with E-state index in [-0.39, 0.29) is 71.3 Å². The van der Waals surface area contributed by atoms with Gasteiger partial charge in [-0.2, -0.15) is 16.8 Å². The Morgan fingerprint density at radius 2 is 1.15 bits per heavy atom. The molecule has 0 fully saturated rings. The van der Waals surface area contributed by atoms with Crippen LogP contribution < -0.4 is 20.9 Å². The third-order valence-corrected chi connectivity index (χ3v) is 7.63. The minimum Gasteiger partial charge on any atom is -0.505 e. The number of aromatic hydroxyl groups is 1. The van der Waals surface area contributed by atoms with Gasteiger partial charge in [0.05, 0.1) is 13.2 Å². The third-order valence-electron chi connectivity index (χ3n) is 5.88. The highest BCUT2D eigenvalue weighted by atomic mass is 32.2. The van der Waals surface area contributed by atoms with Crippen molar-refractivity contribution < 1.29 is 50.7 Å². The van der Waals surface area contributed by atoms with Crippen molar-refractivity contribution in [1.29, 1.82) is 0 Å². The normalized spacial score (nSPS) is 12.1. The molecular formula is C27H30N6O11S2. The molecule has 246 valence electrons. The number of fused-ring (bicyclic) bond motifs is 1. The van der Waals surface area contributed by atoms with E-state index < -0.39 is 54.7 Å². The lowest BCUT2D eigenvalue weighted by Gasteiger charge is -2.13. The second-order valence-electron chi connectivity index (χ2n) is 9.06. The Morgan fingerprint density at radius 3 is 1.70 bits per heavy atom. The van der Waals surface area contributed by atoms with Crippen LogP contribution in [0.2, 0.25) is 0 Å². The van der Waals surface area contributed by atoms with Crippen LogP contribution in [-0.2, 0) is 20.2 Å². The van der Waals surface area contributed by atoms with E-state index in [1.165, 1.54) is 42.5 Å². The van der Waals surface area contributed by atoms with E-state index in [2.05, 4.69) is 20.5 Å². The summed E-state index contributed by atoms with van der Waals surface area (Å²) in [6.45, 7) is -1.41. The van der Waals surface area contributed by atoms with Gasteiger partial charge in [-0.3, -0.25) is 9.11 Å². The Balaban J connectivity index is 0.00000576. The lowest BCUT2D eigenvalue weighted by Crippen LogP contribution is -2.04. The molecule has 0 atom stereocenters. The molecule has 0 saturated heterocycles. The Kier molecular flexibility index (Phi) is 11.2. The smallest absolute Gasteiger partial charge is 0.296 e. The second kappa shape index (κ2) is 14.5. The van der Waals surface area contributed by atoms with Crippen molar-refractivity contribution >= 4 is 65.1 Å². The Bertz CT molecular complexity index is 2040. The van der Waals surface area contributed by atoms with Crippen LogP contribution in [0.5, 0.6) is 17.2 Å². The molecule has 4 aromatic rings. The highest BCUT2D eigenvalue weighted by Crippen LogP contribution is 2.45. The molecule has 0 heterocycles. The van der Waals surface area contributed by atoms with Crippen LogP contribution in [0.4, 0.5) is 34.1 Å². The van der Waals surface area contributed by atoms with Gasteiger partial charge in [-0.05, 0) is 41.8 Å². The third kappa shape index (κ3) is 8.21. The number of benzene rings is 4. The number of phenolic OH excluding ortho intramolecular Hbond substituents is 1. The number of hydrogen-bond acceptors (Lipinski definition) is 15. The predicted molar refractivity (Wildman–Crippen MR) is 167 cm³/mol. The molecule has 4 rings (SSSR count). The van der Waals surface area contributed by atoms with Gasteiger partial charge < -0.3 is 36.3 Å². The van der Waals surface area contributed by atoms with Gasteiger partial charge in [-0.15, -0.1) is 20.5 Å². The molecule has 0 saturated carbocycles. The van der Waals surface area contributed by atoms with Crippen molar-refractivity contribution in [3.8, 4) is 17.2 Å². The largest absolute Gasteiger partial charge is 0.505 e. The van der Waals surface area contributed by atoms with Gasteiger partial charge in [0.1, 0.15) is 57.3 Å². The minimum absolute atomic E-state index is 0. The molecule has 9 N–H and O–H groups in total. The number of hydrogen-bond donors (Lipinski definition) is 7. The second-order valence-corrected chi connectivity index (χ2v) is 11.8. The number of phenols is 1. The molecule has 0 aliphatic carbocycles. The van der Waals surface area contributed by atoms with Crippen molar-refractivity contribution in [2.45, 2.75) is 17.2 Å². The number of nitrogens with two attached hydrogens (primary N) is 2. The zero-order valence-corrected chi connectivity index (χ0v) is 24.6. The first-order chi connectivity index (χ1) is 21.2. The van der Waals surface area contributed by atoms with Gasteiger partial charge in [-0.1, -0.05) is 13.5 Å². The molecule has 4 aromatic carbocycles. The highest BCUT2D eigenvalue weighted by molar-refractivity contribution is 7.86. The standard InChI is InChI=1S/C26H26N6O11S2.CH4/c27-15-2-1-14-9-24(45(39,40)41)25(26(35)17(14)10-15)32-31-20-13-21(42-7-5-33)19(12-22(20)43-8-6-34)30-29-18-4-3-16(28)11-23(18)44(36,37)38;/h1-4,9-13,33-35H,5-8,27-28H2,(H,36,37,38)(H,39,40,41);1H4. The van der Waals surface area contributed by atoms with Crippen LogP contribution in [0.1, 0.15) is 7.43 Å². The van der Waals surface area contributed by atoms with Gasteiger partial charge in [0.2, 0.25) is 0 Å². The molecule has 0 aliphatic heterocycles. The Hall–Kier alpha value is -4.92. The van der Waals surface area contributed by atoms with E-state index in [1.54, 1.807) is 0 Å². The molecule has 19 heteroatoms. The summed E-state index contributed by atoms with van der Waals surface area (Å²) in [5, 5.41) is 45.6. The average Bonchev–Trinajstić information content (AvgIpc) is 2.97. The highest BCUT2D eigenvalue weighted by Gasteiger charge is 2.23. The van der Waals surface area contributed by atoms with Crippen LogP contribution in [0.3, 0.4) is 0 Å². The van der Waals surface area contributed by atoms with E-state index >= 15 is 0 Å². The number of nitrogen functional groups attached to an aromatic ring is 2. The molecule has 0 amide bonds. The lowest BCUT2D eigenvalue weighted by molar-refractivity contribution is 0.198. The first-order valence-corrected chi connectivity index (χ1v) is 15.5. The number of ether oxygens (including phenoxy) is 2. The number of rotatable bonds is 12. The van der Waals surface area contributed by atoms with Gasteiger partial charge >= 0.3 is 0 Å². The average molecular weight is 679 g/mol. The number of aliphatic hydroxyl groups excluding tert-OH is 2.